The second kappa shape index (κ2) is 4.70. The number of nitrogens with two attached hydrogens (primary N) is 1. The fourth-order valence-electron chi connectivity index (χ4n) is 2.83. The Labute approximate surface area is 109 Å². The van der Waals surface area contributed by atoms with Gasteiger partial charge in [0.15, 0.2) is 0 Å². The monoisotopic (exact) mass is 255 g/mol. The molecule has 2 heterocycles. The molecule has 0 saturated carbocycles. The number of carbonyl (C=O) groups is 1. The largest absolute Gasteiger partial charge is 0.444 e. The highest BCUT2D eigenvalue weighted by Crippen LogP contribution is 2.36. The molecule has 1 amide bonds. The molecule has 0 bridgehead atoms. The molecule has 3 N–H and O–H groups in total. The minimum absolute atomic E-state index is 0.193. The number of ether oxygens (including phenoxy) is 1. The Hall–Kier alpha value is -0.810. The number of nitrogens with one attached hydrogen (secondary N) is 1. The standard InChI is InChI=1S/C13H25N3O2/c1-12(2,3)18-11(17)16-6-4-13(5-7-16)9-15-8-10(13)14/h10,15H,4-9,14H2,1-3H3/t10-/m0/s1. The van der Waals surface area contributed by atoms with Gasteiger partial charge in [0.05, 0.1) is 0 Å². The van der Waals surface area contributed by atoms with E-state index in [2.05, 4.69) is 5.32 Å². The summed E-state index contributed by atoms with van der Waals surface area (Å²) in [6.45, 7) is 9.07. The summed E-state index contributed by atoms with van der Waals surface area (Å²) in [6.07, 6.45) is 1.75. The summed E-state index contributed by atoms with van der Waals surface area (Å²) < 4.78 is 5.40. The van der Waals surface area contributed by atoms with Crippen LogP contribution in [0.25, 0.3) is 0 Å². The first-order valence-corrected chi connectivity index (χ1v) is 6.77. The SMILES string of the molecule is CC(C)(C)OC(=O)N1CCC2(CC1)CNC[C@@H]2N. The van der Waals surface area contributed by atoms with Crippen molar-refractivity contribution in [3.63, 3.8) is 0 Å². The zero-order valence-electron chi connectivity index (χ0n) is 11.7. The van der Waals surface area contributed by atoms with Crippen LogP contribution in [0.5, 0.6) is 0 Å². The van der Waals surface area contributed by atoms with Crippen LogP contribution >= 0.6 is 0 Å². The molecule has 1 atom stereocenters. The van der Waals surface area contributed by atoms with E-state index in [1.807, 2.05) is 25.7 Å². The van der Waals surface area contributed by atoms with Gasteiger partial charge in [0, 0.05) is 37.6 Å². The van der Waals surface area contributed by atoms with Crippen molar-refractivity contribution < 1.29 is 9.53 Å². The Morgan fingerprint density at radius 2 is 2.00 bits per heavy atom. The lowest BCUT2D eigenvalue weighted by molar-refractivity contribution is 0.0105. The van der Waals surface area contributed by atoms with Crippen LogP contribution in [-0.4, -0.2) is 48.8 Å². The van der Waals surface area contributed by atoms with Crippen LogP contribution in [0.3, 0.4) is 0 Å². The highest BCUT2D eigenvalue weighted by Gasteiger charge is 2.44. The number of hydrogen-bond acceptors (Lipinski definition) is 4. The number of hydrogen-bond donors (Lipinski definition) is 2. The van der Waals surface area contributed by atoms with Crippen molar-refractivity contribution in [2.24, 2.45) is 11.1 Å². The third-order valence-electron chi connectivity index (χ3n) is 4.04. The van der Waals surface area contributed by atoms with Crippen LogP contribution in [-0.2, 0) is 4.74 Å². The summed E-state index contributed by atoms with van der Waals surface area (Å²) in [4.78, 5) is 13.8. The maximum absolute atomic E-state index is 12.0. The normalized spacial score (nSPS) is 27.6. The van der Waals surface area contributed by atoms with Gasteiger partial charge < -0.3 is 20.7 Å². The number of likely N-dealkylation sites (tertiary alicyclic amines) is 1. The third-order valence-corrected chi connectivity index (χ3v) is 4.04. The Morgan fingerprint density at radius 1 is 1.39 bits per heavy atom. The molecule has 5 nitrogen and oxygen atoms in total. The van der Waals surface area contributed by atoms with Crippen molar-refractivity contribution in [1.82, 2.24) is 10.2 Å². The van der Waals surface area contributed by atoms with Crippen LogP contribution in [0, 0.1) is 5.41 Å². The lowest BCUT2D eigenvalue weighted by Crippen LogP contribution is -2.51. The number of rotatable bonds is 0. The predicted molar refractivity (Wildman–Crippen MR) is 70.3 cm³/mol. The highest BCUT2D eigenvalue weighted by molar-refractivity contribution is 5.68. The molecule has 0 aromatic carbocycles. The molecular weight excluding hydrogens is 230 g/mol. The summed E-state index contributed by atoms with van der Waals surface area (Å²) >= 11 is 0. The summed E-state index contributed by atoms with van der Waals surface area (Å²) in [5.74, 6) is 0. The van der Waals surface area contributed by atoms with E-state index in [9.17, 15) is 4.79 Å². The van der Waals surface area contributed by atoms with E-state index < -0.39 is 5.60 Å². The van der Waals surface area contributed by atoms with Crippen molar-refractivity contribution in [2.75, 3.05) is 26.2 Å². The smallest absolute Gasteiger partial charge is 0.410 e. The van der Waals surface area contributed by atoms with E-state index >= 15 is 0 Å². The Bertz CT molecular complexity index is 317. The summed E-state index contributed by atoms with van der Waals surface area (Å²) in [5, 5.41) is 3.36. The Kier molecular flexibility index (Phi) is 3.56. The van der Waals surface area contributed by atoms with Crippen molar-refractivity contribution in [3.05, 3.63) is 0 Å². The Balaban J connectivity index is 1.89. The zero-order chi connectivity index (χ0) is 13.4. The van der Waals surface area contributed by atoms with Crippen molar-refractivity contribution >= 4 is 6.09 Å². The molecule has 2 saturated heterocycles. The van der Waals surface area contributed by atoms with Gasteiger partial charge in [-0.2, -0.15) is 0 Å². The molecule has 2 aliphatic heterocycles. The van der Waals surface area contributed by atoms with Crippen LogP contribution < -0.4 is 11.1 Å². The van der Waals surface area contributed by atoms with Crippen LogP contribution in [0.15, 0.2) is 0 Å². The zero-order valence-corrected chi connectivity index (χ0v) is 11.7. The lowest BCUT2D eigenvalue weighted by Gasteiger charge is -2.41. The predicted octanol–water partition coefficient (Wildman–Crippen LogP) is 0.934. The second-order valence-corrected chi connectivity index (χ2v) is 6.57. The molecule has 2 rings (SSSR count). The molecular formula is C13H25N3O2. The molecule has 2 fully saturated rings. The van der Waals surface area contributed by atoms with E-state index in [1.165, 1.54) is 0 Å². The molecule has 5 heteroatoms. The fraction of sp³-hybridized carbons (Fsp3) is 0.923. The van der Waals surface area contributed by atoms with Crippen molar-refractivity contribution in [1.29, 1.82) is 0 Å². The Morgan fingerprint density at radius 3 is 2.44 bits per heavy atom. The molecule has 2 aliphatic rings. The molecule has 0 aromatic rings. The van der Waals surface area contributed by atoms with Gasteiger partial charge >= 0.3 is 6.09 Å². The second-order valence-electron chi connectivity index (χ2n) is 6.57. The number of piperidine rings is 1. The van der Waals surface area contributed by atoms with Crippen LogP contribution in [0.1, 0.15) is 33.6 Å². The quantitative estimate of drug-likeness (QED) is 0.676. The molecule has 0 aliphatic carbocycles. The molecule has 0 radical (unpaired) electrons. The number of nitrogens with zero attached hydrogens (tertiary/aromatic N) is 1. The highest BCUT2D eigenvalue weighted by atomic mass is 16.6. The molecule has 18 heavy (non-hydrogen) atoms. The number of amides is 1. The van der Waals surface area contributed by atoms with Gasteiger partial charge in [-0.3, -0.25) is 0 Å². The maximum Gasteiger partial charge on any atom is 0.410 e. The van der Waals surface area contributed by atoms with Gasteiger partial charge in [0.25, 0.3) is 0 Å². The van der Waals surface area contributed by atoms with E-state index in [-0.39, 0.29) is 17.6 Å². The van der Waals surface area contributed by atoms with Gasteiger partial charge in [-0.1, -0.05) is 0 Å². The molecule has 104 valence electrons. The van der Waals surface area contributed by atoms with Crippen molar-refractivity contribution in [2.45, 2.75) is 45.3 Å². The van der Waals surface area contributed by atoms with Crippen LogP contribution in [0.2, 0.25) is 0 Å². The molecule has 0 unspecified atom stereocenters. The third kappa shape index (κ3) is 2.78. The van der Waals surface area contributed by atoms with Gasteiger partial charge in [0.2, 0.25) is 0 Å². The van der Waals surface area contributed by atoms with Gasteiger partial charge in [-0.25, -0.2) is 4.79 Å². The average Bonchev–Trinajstić information content (AvgIpc) is 2.59. The minimum atomic E-state index is -0.419. The number of carbonyl (C=O) groups excluding carboxylic acids is 1. The lowest BCUT2D eigenvalue weighted by atomic mass is 9.75. The van der Waals surface area contributed by atoms with E-state index in [0.29, 0.717) is 0 Å². The van der Waals surface area contributed by atoms with Crippen LogP contribution in [0.4, 0.5) is 4.79 Å². The van der Waals surface area contributed by atoms with E-state index in [0.717, 1.165) is 39.0 Å². The van der Waals surface area contributed by atoms with Gasteiger partial charge in [-0.15, -0.1) is 0 Å². The van der Waals surface area contributed by atoms with Crippen molar-refractivity contribution in [3.8, 4) is 0 Å². The first kappa shape index (κ1) is 13.6. The van der Waals surface area contributed by atoms with E-state index in [1.54, 1.807) is 0 Å². The summed E-state index contributed by atoms with van der Waals surface area (Å²) in [6, 6.07) is 0.221. The van der Waals surface area contributed by atoms with Gasteiger partial charge in [0.1, 0.15) is 5.60 Å². The fourth-order valence-corrected chi connectivity index (χ4v) is 2.83. The van der Waals surface area contributed by atoms with Gasteiger partial charge in [-0.05, 0) is 33.6 Å². The molecule has 0 aromatic heterocycles. The molecule has 1 spiro atoms. The van der Waals surface area contributed by atoms with E-state index in [4.69, 9.17) is 10.5 Å². The summed E-state index contributed by atoms with van der Waals surface area (Å²) in [7, 11) is 0. The first-order valence-electron chi connectivity index (χ1n) is 6.77. The summed E-state index contributed by atoms with van der Waals surface area (Å²) in [5.41, 5.74) is 5.94. The minimum Gasteiger partial charge on any atom is -0.444 e. The maximum atomic E-state index is 12.0. The first-order chi connectivity index (χ1) is 8.32. The average molecular weight is 255 g/mol. The topological polar surface area (TPSA) is 67.6 Å².